The molecule has 24 heavy (non-hydrogen) atoms. The molecule has 2 aliphatic rings. The number of anilines is 1. The molecule has 3 rings (SSSR count). The van der Waals surface area contributed by atoms with Crippen LogP contribution in [0.2, 0.25) is 5.02 Å². The largest absolute Gasteiger partial charge is 0.340 e. The van der Waals surface area contributed by atoms with Crippen LogP contribution in [0.4, 0.5) is 5.69 Å². The van der Waals surface area contributed by atoms with Gasteiger partial charge in [0, 0.05) is 36.9 Å². The third-order valence-corrected chi connectivity index (χ3v) is 4.34. The van der Waals surface area contributed by atoms with Crippen molar-refractivity contribution in [2.45, 2.75) is 12.5 Å². The Hall–Kier alpha value is -2.12. The SMILES string of the molecule is CN1CCN(C2=N[C@@H](C(=O)Nc3cccc(Cl)c3)CC(=O)N2)CC1. The van der Waals surface area contributed by atoms with E-state index in [1.165, 1.54) is 0 Å². The first-order chi connectivity index (χ1) is 11.5. The molecular weight excluding hydrogens is 330 g/mol. The van der Waals surface area contributed by atoms with Crippen molar-refractivity contribution in [2.75, 3.05) is 38.5 Å². The molecular formula is C16H20ClN5O2. The number of rotatable bonds is 2. The van der Waals surface area contributed by atoms with Gasteiger partial charge in [0.15, 0.2) is 0 Å². The maximum atomic E-state index is 12.4. The molecule has 0 aliphatic carbocycles. The van der Waals surface area contributed by atoms with Crippen molar-refractivity contribution in [1.29, 1.82) is 0 Å². The summed E-state index contributed by atoms with van der Waals surface area (Å²) in [4.78, 5) is 33.1. The van der Waals surface area contributed by atoms with Crippen molar-refractivity contribution >= 4 is 35.1 Å². The van der Waals surface area contributed by atoms with Crippen LogP contribution < -0.4 is 10.6 Å². The summed E-state index contributed by atoms with van der Waals surface area (Å²) in [6, 6.07) is 6.16. The monoisotopic (exact) mass is 349 g/mol. The summed E-state index contributed by atoms with van der Waals surface area (Å²) in [6.07, 6.45) is 0.0453. The average molecular weight is 350 g/mol. The van der Waals surface area contributed by atoms with E-state index in [1.807, 2.05) is 4.90 Å². The van der Waals surface area contributed by atoms with Gasteiger partial charge in [0.25, 0.3) is 0 Å². The number of carbonyl (C=O) groups excluding carboxylic acids is 2. The van der Waals surface area contributed by atoms with E-state index in [1.54, 1.807) is 24.3 Å². The first kappa shape index (κ1) is 16.7. The van der Waals surface area contributed by atoms with Crippen LogP contribution in [-0.4, -0.2) is 66.8 Å². The molecule has 128 valence electrons. The van der Waals surface area contributed by atoms with E-state index >= 15 is 0 Å². The van der Waals surface area contributed by atoms with E-state index in [2.05, 4.69) is 27.6 Å². The number of aliphatic imine (C=N–C) groups is 1. The molecule has 2 aliphatic heterocycles. The molecule has 1 aromatic carbocycles. The predicted molar refractivity (Wildman–Crippen MR) is 93.1 cm³/mol. The van der Waals surface area contributed by atoms with Crippen LogP contribution in [0.5, 0.6) is 0 Å². The van der Waals surface area contributed by atoms with Crippen LogP contribution in [-0.2, 0) is 9.59 Å². The van der Waals surface area contributed by atoms with Gasteiger partial charge in [-0.05, 0) is 25.2 Å². The van der Waals surface area contributed by atoms with Gasteiger partial charge in [0.05, 0.1) is 6.42 Å². The first-order valence-corrected chi connectivity index (χ1v) is 8.26. The summed E-state index contributed by atoms with van der Waals surface area (Å²) in [7, 11) is 2.06. The van der Waals surface area contributed by atoms with Gasteiger partial charge < -0.3 is 15.1 Å². The molecule has 2 amide bonds. The van der Waals surface area contributed by atoms with E-state index in [9.17, 15) is 9.59 Å². The zero-order chi connectivity index (χ0) is 17.1. The van der Waals surface area contributed by atoms with Gasteiger partial charge in [0.1, 0.15) is 6.04 Å². The molecule has 2 heterocycles. The Morgan fingerprint density at radius 2 is 2.08 bits per heavy atom. The minimum atomic E-state index is -0.729. The van der Waals surface area contributed by atoms with Crippen molar-refractivity contribution < 1.29 is 9.59 Å². The zero-order valence-electron chi connectivity index (χ0n) is 13.5. The highest BCUT2D eigenvalue weighted by atomic mass is 35.5. The van der Waals surface area contributed by atoms with E-state index in [0.29, 0.717) is 16.7 Å². The molecule has 0 unspecified atom stereocenters. The lowest BCUT2D eigenvalue weighted by atomic mass is 10.1. The second kappa shape index (κ2) is 7.19. The number of hydrogen-bond donors (Lipinski definition) is 2. The summed E-state index contributed by atoms with van der Waals surface area (Å²) < 4.78 is 0. The summed E-state index contributed by atoms with van der Waals surface area (Å²) in [6.45, 7) is 3.35. The Labute approximate surface area is 145 Å². The lowest BCUT2D eigenvalue weighted by molar-refractivity contribution is -0.125. The molecule has 1 fully saturated rings. The Balaban J connectivity index is 1.70. The fourth-order valence-electron chi connectivity index (χ4n) is 2.70. The number of nitrogens with zero attached hydrogens (tertiary/aromatic N) is 3. The van der Waals surface area contributed by atoms with Crippen LogP contribution in [0.25, 0.3) is 0 Å². The summed E-state index contributed by atoms with van der Waals surface area (Å²) in [5, 5.41) is 6.08. The van der Waals surface area contributed by atoms with E-state index in [0.717, 1.165) is 26.2 Å². The van der Waals surface area contributed by atoms with Gasteiger partial charge in [0.2, 0.25) is 17.8 Å². The number of benzene rings is 1. The third kappa shape index (κ3) is 4.04. The maximum Gasteiger partial charge on any atom is 0.249 e. The number of carbonyl (C=O) groups is 2. The molecule has 1 saturated heterocycles. The Kier molecular flexibility index (Phi) is 5.01. The van der Waals surface area contributed by atoms with E-state index in [4.69, 9.17) is 11.6 Å². The number of likely N-dealkylation sites (N-methyl/N-ethyl adjacent to an activating group) is 1. The molecule has 1 atom stereocenters. The quantitative estimate of drug-likeness (QED) is 0.827. The van der Waals surface area contributed by atoms with Crippen LogP contribution in [0, 0.1) is 0 Å². The van der Waals surface area contributed by atoms with Crippen molar-refractivity contribution in [3.05, 3.63) is 29.3 Å². The molecule has 0 aromatic heterocycles. The van der Waals surface area contributed by atoms with Crippen LogP contribution in [0.3, 0.4) is 0 Å². The normalized spacial score (nSPS) is 21.9. The Morgan fingerprint density at radius 3 is 2.79 bits per heavy atom. The molecule has 8 heteroatoms. The average Bonchev–Trinajstić information content (AvgIpc) is 2.55. The number of nitrogens with one attached hydrogen (secondary N) is 2. The fraction of sp³-hybridized carbons (Fsp3) is 0.438. The van der Waals surface area contributed by atoms with Crippen LogP contribution in [0.15, 0.2) is 29.3 Å². The van der Waals surface area contributed by atoms with Crippen LogP contribution >= 0.6 is 11.6 Å². The highest BCUT2D eigenvalue weighted by Crippen LogP contribution is 2.17. The summed E-state index contributed by atoms with van der Waals surface area (Å²) in [5.41, 5.74) is 0.592. The van der Waals surface area contributed by atoms with Gasteiger partial charge in [-0.25, -0.2) is 4.99 Å². The lowest BCUT2D eigenvalue weighted by Crippen LogP contribution is -2.55. The van der Waals surface area contributed by atoms with Crippen LogP contribution in [0.1, 0.15) is 6.42 Å². The van der Waals surface area contributed by atoms with Crippen molar-refractivity contribution in [3.63, 3.8) is 0 Å². The smallest absolute Gasteiger partial charge is 0.249 e. The highest BCUT2D eigenvalue weighted by Gasteiger charge is 2.30. The van der Waals surface area contributed by atoms with E-state index < -0.39 is 6.04 Å². The number of hydrogen-bond acceptors (Lipinski definition) is 5. The molecule has 0 saturated carbocycles. The van der Waals surface area contributed by atoms with Gasteiger partial charge in [-0.2, -0.15) is 0 Å². The van der Waals surface area contributed by atoms with Gasteiger partial charge >= 0.3 is 0 Å². The van der Waals surface area contributed by atoms with Gasteiger partial charge in [-0.3, -0.25) is 14.9 Å². The van der Waals surface area contributed by atoms with Crippen molar-refractivity contribution in [3.8, 4) is 0 Å². The summed E-state index contributed by atoms with van der Waals surface area (Å²) >= 11 is 5.92. The fourth-order valence-corrected chi connectivity index (χ4v) is 2.89. The molecule has 0 bridgehead atoms. The van der Waals surface area contributed by atoms with Gasteiger partial charge in [-0.1, -0.05) is 17.7 Å². The molecule has 2 N–H and O–H groups in total. The second-order valence-electron chi connectivity index (χ2n) is 6.01. The highest BCUT2D eigenvalue weighted by molar-refractivity contribution is 6.30. The second-order valence-corrected chi connectivity index (χ2v) is 6.45. The lowest BCUT2D eigenvalue weighted by Gasteiger charge is -2.36. The number of halogens is 1. The number of amides is 2. The minimum Gasteiger partial charge on any atom is -0.340 e. The molecule has 1 aromatic rings. The van der Waals surface area contributed by atoms with E-state index in [-0.39, 0.29) is 18.2 Å². The van der Waals surface area contributed by atoms with Crippen molar-refractivity contribution in [1.82, 2.24) is 15.1 Å². The zero-order valence-corrected chi connectivity index (χ0v) is 14.2. The van der Waals surface area contributed by atoms with Gasteiger partial charge in [-0.15, -0.1) is 0 Å². The predicted octanol–water partition coefficient (Wildman–Crippen LogP) is 0.770. The third-order valence-electron chi connectivity index (χ3n) is 4.11. The Morgan fingerprint density at radius 1 is 1.33 bits per heavy atom. The molecule has 7 nitrogen and oxygen atoms in total. The van der Waals surface area contributed by atoms with Crippen molar-refractivity contribution in [2.24, 2.45) is 4.99 Å². The number of piperazine rings is 1. The molecule has 0 radical (unpaired) electrons. The molecule has 0 spiro atoms. The first-order valence-electron chi connectivity index (χ1n) is 7.89. The summed E-state index contributed by atoms with van der Waals surface area (Å²) in [5.74, 6) is -0.00508. The number of guanidine groups is 1. The standard InChI is InChI=1S/C16H20ClN5O2/c1-21-5-7-22(8-6-21)16-19-13(10-14(23)20-16)15(24)18-12-4-2-3-11(17)9-12/h2-4,9,13H,5-8,10H2,1H3,(H,18,24)(H,19,20,23)/t13-/m1/s1. The topological polar surface area (TPSA) is 77.0 Å². The Bertz CT molecular complexity index is 670. The minimum absolute atomic E-state index is 0.0453. The maximum absolute atomic E-state index is 12.4.